The second-order valence-corrected chi connectivity index (χ2v) is 6.43. The lowest BCUT2D eigenvalue weighted by molar-refractivity contribution is -0.0116. The lowest BCUT2D eigenvalue weighted by atomic mass is 10.00. The Morgan fingerprint density at radius 1 is 1.33 bits per heavy atom. The summed E-state index contributed by atoms with van der Waals surface area (Å²) in [6.45, 7) is 11.4. The molecule has 0 amide bonds. The minimum absolute atomic E-state index is 0.123. The summed E-state index contributed by atoms with van der Waals surface area (Å²) >= 11 is 0. The quantitative estimate of drug-likeness (QED) is 0.837. The van der Waals surface area contributed by atoms with Crippen LogP contribution in [0, 0.1) is 0 Å². The number of hydrogen-bond donors (Lipinski definition) is 1. The van der Waals surface area contributed by atoms with Crippen LogP contribution in [0.5, 0.6) is 0 Å². The summed E-state index contributed by atoms with van der Waals surface area (Å²) in [5.41, 5.74) is 0.123. The van der Waals surface area contributed by atoms with Crippen LogP contribution in [0.4, 0.5) is 0 Å². The molecule has 0 aromatic heterocycles. The fraction of sp³-hybridized carbons (Fsp3) is 1.00. The van der Waals surface area contributed by atoms with Gasteiger partial charge in [0.25, 0.3) is 0 Å². The van der Waals surface area contributed by atoms with E-state index >= 15 is 0 Å². The zero-order chi connectivity index (χ0) is 13.0. The summed E-state index contributed by atoms with van der Waals surface area (Å²) in [4.78, 5) is 2.63. The van der Waals surface area contributed by atoms with E-state index in [-0.39, 0.29) is 5.60 Å². The lowest BCUT2D eigenvalue weighted by Crippen LogP contribution is -2.48. The second kappa shape index (κ2) is 6.36. The Balaban J connectivity index is 1.87. The molecule has 3 heteroatoms. The van der Waals surface area contributed by atoms with E-state index in [0.717, 1.165) is 13.2 Å². The third kappa shape index (κ3) is 3.94. The summed E-state index contributed by atoms with van der Waals surface area (Å²) in [5, 5.41) is 3.73. The molecule has 3 unspecified atom stereocenters. The molecule has 106 valence electrons. The van der Waals surface area contributed by atoms with Crippen LogP contribution >= 0.6 is 0 Å². The Bertz CT molecular complexity index is 251. The molecule has 2 saturated heterocycles. The molecule has 0 radical (unpaired) electrons. The van der Waals surface area contributed by atoms with Gasteiger partial charge in [0.1, 0.15) is 0 Å². The van der Waals surface area contributed by atoms with Crippen LogP contribution in [-0.4, -0.2) is 48.8 Å². The molecule has 2 heterocycles. The van der Waals surface area contributed by atoms with Gasteiger partial charge in [0, 0.05) is 25.2 Å². The Labute approximate surface area is 112 Å². The van der Waals surface area contributed by atoms with Gasteiger partial charge in [-0.1, -0.05) is 6.92 Å². The second-order valence-electron chi connectivity index (χ2n) is 6.43. The Hall–Kier alpha value is -0.120. The van der Waals surface area contributed by atoms with Crippen molar-refractivity contribution in [2.45, 2.75) is 70.6 Å². The molecule has 18 heavy (non-hydrogen) atoms. The van der Waals surface area contributed by atoms with Gasteiger partial charge in [-0.2, -0.15) is 0 Å². The molecule has 2 aliphatic rings. The van der Waals surface area contributed by atoms with E-state index in [0.29, 0.717) is 12.1 Å². The van der Waals surface area contributed by atoms with Gasteiger partial charge in [-0.3, -0.25) is 0 Å². The van der Waals surface area contributed by atoms with Gasteiger partial charge in [-0.25, -0.2) is 0 Å². The first-order valence-corrected chi connectivity index (χ1v) is 7.74. The van der Waals surface area contributed by atoms with Gasteiger partial charge < -0.3 is 15.0 Å². The lowest BCUT2D eigenvalue weighted by Gasteiger charge is -2.36. The number of hydrogen-bond acceptors (Lipinski definition) is 3. The van der Waals surface area contributed by atoms with Crippen LogP contribution in [0.25, 0.3) is 0 Å². The van der Waals surface area contributed by atoms with E-state index in [1.165, 1.54) is 45.2 Å². The van der Waals surface area contributed by atoms with Crippen molar-refractivity contribution < 1.29 is 4.74 Å². The van der Waals surface area contributed by atoms with E-state index in [1.54, 1.807) is 0 Å². The van der Waals surface area contributed by atoms with Gasteiger partial charge in [0.05, 0.1) is 5.60 Å². The Morgan fingerprint density at radius 3 is 2.78 bits per heavy atom. The van der Waals surface area contributed by atoms with E-state index in [4.69, 9.17) is 4.74 Å². The van der Waals surface area contributed by atoms with Gasteiger partial charge >= 0.3 is 0 Å². The summed E-state index contributed by atoms with van der Waals surface area (Å²) in [7, 11) is 0. The summed E-state index contributed by atoms with van der Waals surface area (Å²) < 4.78 is 5.94. The summed E-state index contributed by atoms with van der Waals surface area (Å²) in [5.74, 6) is 0. The minimum atomic E-state index is 0.123. The van der Waals surface area contributed by atoms with Crippen molar-refractivity contribution in [2.24, 2.45) is 0 Å². The smallest absolute Gasteiger partial charge is 0.0781 e. The summed E-state index contributed by atoms with van der Waals surface area (Å²) in [6, 6.07) is 1.34. The van der Waals surface area contributed by atoms with Crippen LogP contribution in [0.1, 0.15) is 52.9 Å². The van der Waals surface area contributed by atoms with Crippen molar-refractivity contribution in [1.82, 2.24) is 10.2 Å². The molecule has 3 nitrogen and oxygen atoms in total. The maximum atomic E-state index is 5.94. The highest BCUT2D eigenvalue weighted by atomic mass is 16.5. The predicted octanol–water partition coefficient (Wildman–Crippen LogP) is 2.41. The molecule has 1 N–H and O–H groups in total. The summed E-state index contributed by atoms with van der Waals surface area (Å²) in [6.07, 6.45) is 6.24. The standard InChI is InChI=1S/C15H30N2O/c1-4-14-7-10-17(9-6-13(2)16-14)12-15(3)8-5-11-18-15/h13-14,16H,4-12H2,1-3H3. The number of rotatable bonds is 3. The van der Waals surface area contributed by atoms with Gasteiger partial charge in [0.2, 0.25) is 0 Å². The van der Waals surface area contributed by atoms with Crippen molar-refractivity contribution in [3.05, 3.63) is 0 Å². The van der Waals surface area contributed by atoms with Gasteiger partial charge in [-0.05, 0) is 59.0 Å². The van der Waals surface area contributed by atoms with Crippen molar-refractivity contribution in [1.29, 1.82) is 0 Å². The molecule has 0 bridgehead atoms. The number of nitrogens with one attached hydrogen (secondary N) is 1. The van der Waals surface area contributed by atoms with Crippen molar-refractivity contribution in [3.8, 4) is 0 Å². The molecule has 0 saturated carbocycles. The SMILES string of the molecule is CCC1CCN(CC2(C)CCCO2)CCC(C)N1. The van der Waals surface area contributed by atoms with E-state index in [9.17, 15) is 0 Å². The molecule has 2 rings (SSSR count). The fourth-order valence-electron chi connectivity index (χ4n) is 3.31. The average Bonchev–Trinajstić information content (AvgIpc) is 2.75. The third-order valence-corrected chi connectivity index (χ3v) is 4.54. The van der Waals surface area contributed by atoms with Crippen molar-refractivity contribution in [2.75, 3.05) is 26.2 Å². The first kappa shape index (κ1) is 14.3. The molecule has 0 spiro atoms. The Morgan fingerprint density at radius 2 is 2.11 bits per heavy atom. The average molecular weight is 254 g/mol. The maximum absolute atomic E-state index is 5.94. The fourth-order valence-corrected chi connectivity index (χ4v) is 3.31. The molecule has 0 aromatic rings. The molecule has 0 aliphatic carbocycles. The van der Waals surface area contributed by atoms with E-state index < -0.39 is 0 Å². The van der Waals surface area contributed by atoms with Gasteiger partial charge in [-0.15, -0.1) is 0 Å². The molecule has 2 aliphatic heterocycles. The van der Waals surface area contributed by atoms with Crippen LogP contribution in [0.15, 0.2) is 0 Å². The highest BCUT2D eigenvalue weighted by Crippen LogP contribution is 2.26. The normalized spacial score (nSPS) is 39.5. The first-order valence-electron chi connectivity index (χ1n) is 7.74. The predicted molar refractivity (Wildman–Crippen MR) is 75.9 cm³/mol. The molecular weight excluding hydrogens is 224 g/mol. The van der Waals surface area contributed by atoms with Crippen molar-refractivity contribution >= 4 is 0 Å². The Kier molecular flexibility index (Phi) is 5.05. The molecule has 2 fully saturated rings. The van der Waals surface area contributed by atoms with E-state index in [2.05, 4.69) is 31.0 Å². The topological polar surface area (TPSA) is 24.5 Å². The third-order valence-electron chi connectivity index (χ3n) is 4.54. The number of nitrogens with zero attached hydrogens (tertiary/aromatic N) is 1. The van der Waals surface area contributed by atoms with E-state index in [1.807, 2.05) is 0 Å². The van der Waals surface area contributed by atoms with Crippen LogP contribution in [0.2, 0.25) is 0 Å². The highest BCUT2D eigenvalue weighted by Gasteiger charge is 2.32. The molecule has 3 atom stereocenters. The van der Waals surface area contributed by atoms with Crippen molar-refractivity contribution in [3.63, 3.8) is 0 Å². The largest absolute Gasteiger partial charge is 0.374 e. The highest BCUT2D eigenvalue weighted by molar-refractivity contribution is 4.86. The van der Waals surface area contributed by atoms with Crippen LogP contribution in [-0.2, 0) is 4.74 Å². The maximum Gasteiger partial charge on any atom is 0.0781 e. The monoisotopic (exact) mass is 254 g/mol. The number of ether oxygens (including phenoxy) is 1. The molecule has 0 aromatic carbocycles. The minimum Gasteiger partial charge on any atom is -0.374 e. The first-order chi connectivity index (χ1) is 8.61. The zero-order valence-corrected chi connectivity index (χ0v) is 12.4. The molecular formula is C15H30N2O. The van der Waals surface area contributed by atoms with Gasteiger partial charge in [0.15, 0.2) is 0 Å². The van der Waals surface area contributed by atoms with Crippen LogP contribution < -0.4 is 5.32 Å². The zero-order valence-electron chi connectivity index (χ0n) is 12.4. The van der Waals surface area contributed by atoms with Crippen LogP contribution in [0.3, 0.4) is 0 Å².